The van der Waals surface area contributed by atoms with Crippen molar-refractivity contribution >= 4 is 0 Å². The highest BCUT2D eigenvalue weighted by Gasteiger charge is 2.06. The Morgan fingerprint density at radius 2 is 2.04 bits per heavy atom. The molecule has 5 heteroatoms. The lowest BCUT2D eigenvalue weighted by atomic mass is 10.1. The summed E-state index contributed by atoms with van der Waals surface area (Å²) in [7, 11) is 0. The fourth-order valence-electron chi connectivity index (χ4n) is 2.18. The van der Waals surface area contributed by atoms with E-state index in [1.807, 2.05) is 12.3 Å². The van der Waals surface area contributed by atoms with Crippen LogP contribution in [0.25, 0.3) is 0 Å². The second kappa shape index (κ2) is 9.03. The van der Waals surface area contributed by atoms with Crippen LogP contribution in [0, 0.1) is 5.82 Å². The van der Waals surface area contributed by atoms with Crippen molar-refractivity contribution in [2.45, 2.75) is 25.8 Å². The van der Waals surface area contributed by atoms with E-state index in [1.54, 1.807) is 18.3 Å². The molecule has 1 aromatic carbocycles. The summed E-state index contributed by atoms with van der Waals surface area (Å²) in [5.41, 5.74) is 9.03. The molecule has 4 nitrogen and oxygen atoms in total. The molecule has 1 heterocycles. The van der Waals surface area contributed by atoms with Gasteiger partial charge in [-0.15, -0.1) is 0 Å². The van der Waals surface area contributed by atoms with Gasteiger partial charge in [-0.05, 0) is 35.7 Å². The zero-order valence-electron chi connectivity index (χ0n) is 14.0. The molecule has 128 valence electrons. The summed E-state index contributed by atoms with van der Waals surface area (Å²) in [4.78, 5) is 4.14. The number of benzene rings is 1. The lowest BCUT2D eigenvalue weighted by Crippen LogP contribution is -2.38. The first-order valence-corrected chi connectivity index (χ1v) is 8.05. The van der Waals surface area contributed by atoms with Gasteiger partial charge in [0.2, 0.25) is 0 Å². The van der Waals surface area contributed by atoms with E-state index in [9.17, 15) is 4.39 Å². The Hall–Kier alpha value is -2.40. The number of halogens is 1. The topological polar surface area (TPSA) is 60.2 Å². The lowest BCUT2D eigenvalue weighted by Gasteiger charge is -2.16. The minimum atomic E-state index is -0.238. The highest BCUT2D eigenvalue weighted by molar-refractivity contribution is 5.23. The maximum absolute atomic E-state index is 12.9. The second-order valence-electron chi connectivity index (χ2n) is 5.74. The van der Waals surface area contributed by atoms with Gasteiger partial charge < -0.3 is 15.8 Å². The van der Waals surface area contributed by atoms with Gasteiger partial charge in [-0.25, -0.2) is 4.39 Å². The third kappa shape index (κ3) is 6.01. The minimum Gasteiger partial charge on any atom is -0.490 e. The fraction of sp³-hybridized carbons (Fsp3) is 0.316. The molecule has 2 rings (SSSR count). The molecule has 0 aliphatic rings. The average Bonchev–Trinajstić information content (AvgIpc) is 2.60. The molecule has 0 saturated carbocycles. The van der Waals surface area contributed by atoms with Crippen LogP contribution in [0.2, 0.25) is 0 Å². The lowest BCUT2D eigenvalue weighted by molar-refractivity contribution is 0.285. The Bertz CT molecular complexity index is 658. The summed E-state index contributed by atoms with van der Waals surface area (Å²) in [5.74, 6) is 0.494. The summed E-state index contributed by atoms with van der Waals surface area (Å²) in [5, 5.41) is 3.20. The van der Waals surface area contributed by atoms with Crippen LogP contribution in [0.1, 0.15) is 18.1 Å². The molecule has 1 atom stereocenters. The standard InChI is InChI=1S/C19H24FN3O/c1-3-15-9-19(12-22-10-15)24-13-18(21)11-23-14(2)8-16-4-6-17(20)7-5-16/h4-7,9-10,12,18,23H,2-3,8,11,13,21H2,1H3/t18-/m0/s1. The zero-order chi connectivity index (χ0) is 17.4. The van der Waals surface area contributed by atoms with Gasteiger partial charge in [-0.2, -0.15) is 0 Å². The van der Waals surface area contributed by atoms with Crippen molar-refractivity contribution < 1.29 is 9.13 Å². The third-order valence-electron chi connectivity index (χ3n) is 3.59. The number of aromatic nitrogens is 1. The highest BCUT2D eigenvalue weighted by Crippen LogP contribution is 2.11. The average molecular weight is 329 g/mol. The van der Waals surface area contributed by atoms with E-state index in [0.29, 0.717) is 19.6 Å². The minimum absolute atomic E-state index is 0.166. The molecule has 0 aliphatic carbocycles. The Labute approximate surface area is 142 Å². The smallest absolute Gasteiger partial charge is 0.137 e. The molecule has 24 heavy (non-hydrogen) atoms. The quantitative estimate of drug-likeness (QED) is 0.743. The van der Waals surface area contributed by atoms with Crippen molar-refractivity contribution in [3.05, 3.63) is 71.9 Å². The second-order valence-corrected chi connectivity index (χ2v) is 5.74. The Balaban J connectivity index is 1.71. The zero-order valence-corrected chi connectivity index (χ0v) is 14.0. The summed E-state index contributed by atoms with van der Waals surface area (Å²) in [6, 6.07) is 8.19. The number of pyridine rings is 1. The monoisotopic (exact) mass is 329 g/mol. The van der Waals surface area contributed by atoms with Gasteiger partial charge in [-0.3, -0.25) is 4.98 Å². The van der Waals surface area contributed by atoms with Gasteiger partial charge in [0.25, 0.3) is 0 Å². The normalized spacial score (nSPS) is 11.8. The summed E-state index contributed by atoms with van der Waals surface area (Å²) in [6.07, 6.45) is 5.07. The molecule has 0 spiro atoms. The molecule has 0 amide bonds. The number of rotatable bonds is 9. The summed E-state index contributed by atoms with van der Waals surface area (Å²) >= 11 is 0. The van der Waals surface area contributed by atoms with Crippen LogP contribution in [0.15, 0.2) is 55.0 Å². The largest absolute Gasteiger partial charge is 0.490 e. The number of hydrogen-bond donors (Lipinski definition) is 2. The van der Waals surface area contributed by atoms with E-state index in [0.717, 1.165) is 29.0 Å². The molecule has 1 aromatic heterocycles. The van der Waals surface area contributed by atoms with Crippen LogP contribution in [-0.2, 0) is 12.8 Å². The Morgan fingerprint density at radius 1 is 1.29 bits per heavy atom. The number of nitrogens with two attached hydrogens (primary N) is 1. The van der Waals surface area contributed by atoms with Gasteiger partial charge in [0.05, 0.1) is 12.2 Å². The Kier molecular flexibility index (Phi) is 6.75. The van der Waals surface area contributed by atoms with Crippen molar-refractivity contribution in [1.29, 1.82) is 0 Å². The van der Waals surface area contributed by atoms with Crippen LogP contribution in [0.5, 0.6) is 5.75 Å². The van der Waals surface area contributed by atoms with E-state index >= 15 is 0 Å². The fourth-order valence-corrected chi connectivity index (χ4v) is 2.18. The number of aryl methyl sites for hydroxylation is 1. The van der Waals surface area contributed by atoms with Crippen LogP contribution < -0.4 is 15.8 Å². The number of allylic oxidation sites excluding steroid dienone is 1. The van der Waals surface area contributed by atoms with Crippen molar-refractivity contribution in [2.24, 2.45) is 5.73 Å². The number of nitrogens with one attached hydrogen (secondary N) is 1. The van der Waals surface area contributed by atoms with E-state index in [4.69, 9.17) is 10.5 Å². The predicted molar refractivity (Wildman–Crippen MR) is 94.3 cm³/mol. The SMILES string of the molecule is C=C(Cc1ccc(F)cc1)NC[C@H](N)COc1cncc(CC)c1. The van der Waals surface area contributed by atoms with E-state index in [-0.39, 0.29) is 11.9 Å². The number of nitrogens with zero attached hydrogens (tertiary/aromatic N) is 1. The highest BCUT2D eigenvalue weighted by atomic mass is 19.1. The van der Waals surface area contributed by atoms with Crippen LogP contribution in [-0.4, -0.2) is 24.2 Å². The molecule has 0 fully saturated rings. The maximum atomic E-state index is 12.9. The van der Waals surface area contributed by atoms with Gasteiger partial charge in [0, 0.05) is 24.9 Å². The molecule has 0 saturated heterocycles. The van der Waals surface area contributed by atoms with Crippen LogP contribution >= 0.6 is 0 Å². The van der Waals surface area contributed by atoms with Crippen LogP contribution in [0.3, 0.4) is 0 Å². The van der Waals surface area contributed by atoms with Crippen molar-refractivity contribution in [2.75, 3.05) is 13.2 Å². The summed E-state index contributed by atoms with van der Waals surface area (Å²) in [6.45, 7) is 7.00. The first-order chi connectivity index (χ1) is 11.6. The molecule has 0 radical (unpaired) electrons. The first kappa shape index (κ1) is 17.9. The van der Waals surface area contributed by atoms with Gasteiger partial charge >= 0.3 is 0 Å². The predicted octanol–water partition coefficient (Wildman–Crippen LogP) is 2.84. The van der Waals surface area contributed by atoms with Crippen LogP contribution in [0.4, 0.5) is 4.39 Å². The molecular weight excluding hydrogens is 305 g/mol. The summed E-state index contributed by atoms with van der Waals surface area (Å²) < 4.78 is 18.6. The van der Waals surface area contributed by atoms with Crippen molar-refractivity contribution in [3.63, 3.8) is 0 Å². The van der Waals surface area contributed by atoms with Gasteiger partial charge in [0.1, 0.15) is 18.2 Å². The van der Waals surface area contributed by atoms with Crippen molar-refractivity contribution in [1.82, 2.24) is 10.3 Å². The number of ether oxygens (including phenoxy) is 1. The maximum Gasteiger partial charge on any atom is 0.137 e. The molecule has 3 N–H and O–H groups in total. The Morgan fingerprint density at radius 3 is 2.75 bits per heavy atom. The van der Waals surface area contributed by atoms with E-state index < -0.39 is 0 Å². The molecule has 0 bridgehead atoms. The molecular formula is C19H24FN3O. The number of hydrogen-bond acceptors (Lipinski definition) is 4. The van der Waals surface area contributed by atoms with Gasteiger partial charge in [0.15, 0.2) is 0 Å². The van der Waals surface area contributed by atoms with E-state index in [2.05, 4.69) is 23.8 Å². The van der Waals surface area contributed by atoms with E-state index in [1.165, 1.54) is 12.1 Å². The van der Waals surface area contributed by atoms with Gasteiger partial charge in [-0.1, -0.05) is 25.6 Å². The molecule has 0 unspecified atom stereocenters. The van der Waals surface area contributed by atoms with Crippen molar-refractivity contribution in [3.8, 4) is 5.75 Å². The third-order valence-corrected chi connectivity index (χ3v) is 3.59. The first-order valence-electron chi connectivity index (χ1n) is 8.05. The molecule has 2 aromatic rings. The molecule has 0 aliphatic heterocycles.